The topological polar surface area (TPSA) is 112 Å². The number of hydrogen-bond donors (Lipinski definition) is 2. The van der Waals surface area contributed by atoms with Crippen molar-refractivity contribution in [3.63, 3.8) is 0 Å². The Morgan fingerprint density at radius 1 is 1.14 bits per heavy atom. The average molecular weight is 508 g/mol. The number of carbonyl (C=O) groups excluding carboxylic acids is 3. The highest BCUT2D eigenvalue weighted by atomic mass is 32.2. The second-order valence-corrected chi connectivity index (χ2v) is 9.45. The molecule has 3 amide bonds. The summed E-state index contributed by atoms with van der Waals surface area (Å²) in [7, 11) is 1.58. The van der Waals surface area contributed by atoms with Crippen molar-refractivity contribution in [2.24, 2.45) is 9.98 Å². The van der Waals surface area contributed by atoms with E-state index < -0.39 is 6.04 Å². The third-order valence-electron chi connectivity index (χ3n) is 5.95. The summed E-state index contributed by atoms with van der Waals surface area (Å²) in [6, 6.07) is 14.0. The van der Waals surface area contributed by atoms with Crippen LogP contribution in [-0.2, 0) is 20.9 Å². The summed E-state index contributed by atoms with van der Waals surface area (Å²) >= 11 is 1.18. The van der Waals surface area contributed by atoms with E-state index in [0.29, 0.717) is 22.4 Å². The summed E-state index contributed by atoms with van der Waals surface area (Å²) in [4.78, 5) is 49.1. The summed E-state index contributed by atoms with van der Waals surface area (Å²) in [5.74, 6) is 0.494. The second kappa shape index (κ2) is 11.4. The number of fused-ring (bicyclic) bond motifs is 3. The number of amidine groups is 2. The highest BCUT2D eigenvalue weighted by molar-refractivity contribution is 8.14. The lowest BCUT2D eigenvalue weighted by atomic mass is 10.1. The summed E-state index contributed by atoms with van der Waals surface area (Å²) in [6.45, 7) is 4.22. The fourth-order valence-electron chi connectivity index (χ4n) is 3.87. The maximum Gasteiger partial charge on any atom is 0.259 e. The van der Waals surface area contributed by atoms with E-state index in [0.717, 1.165) is 17.5 Å². The van der Waals surface area contributed by atoms with E-state index >= 15 is 0 Å². The Morgan fingerprint density at radius 2 is 1.89 bits per heavy atom. The van der Waals surface area contributed by atoms with Gasteiger partial charge in [0, 0.05) is 23.7 Å². The van der Waals surface area contributed by atoms with Gasteiger partial charge in [-0.05, 0) is 31.5 Å². The SMILES string of the molecule is CC[C@H](C)NC(=O)CSC1=Nc2ccccc2C2=N[C@@H](CC(=O)NCc3ccccc3OC)C(=O)N12. The molecule has 2 atom stereocenters. The molecule has 0 aromatic heterocycles. The molecule has 2 N–H and O–H groups in total. The van der Waals surface area contributed by atoms with Crippen LogP contribution >= 0.6 is 11.8 Å². The van der Waals surface area contributed by atoms with Gasteiger partial charge in [0.25, 0.3) is 5.91 Å². The Bertz CT molecular complexity index is 1230. The van der Waals surface area contributed by atoms with E-state index in [2.05, 4.69) is 20.6 Å². The summed E-state index contributed by atoms with van der Waals surface area (Å²) in [5.41, 5.74) is 2.23. The standard InChI is InChI=1S/C26H29N5O4S/c1-4-16(2)28-23(33)15-36-26-30-19-11-7-6-10-18(19)24-29-20(25(34)31(24)26)13-22(32)27-14-17-9-5-8-12-21(17)35-3/h5-12,16,20H,4,13-15H2,1-3H3,(H,27,32)(H,28,33)/t16-,20-/m0/s1. The first-order valence-corrected chi connectivity index (χ1v) is 12.8. The molecule has 2 heterocycles. The summed E-state index contributed by atoms with van der Waals surface area (Å²) in [6.07, 6.45) is 0.732. The van der Waals surface area contributed by atoms with Crippen LogP contribution in [0.3, 0.4) is 0 Å². The highest BCUT2D eigenvalue weighted by Crippen LogP contribution is 2.34. The fraction of sp³-hybridized carbons (Fsp3) is 0.346. The highest BCUT2D eigenvalue weighted by Gasteiger charge is 2.42. The molecule has 0 saturated carbocycles. The molecule has 0 aliphatic carbocycles. The number of aliphatic imine (C=N–C) groups is 2. The molecule has 10 heteroatoms. The number of nitrogens with zero attached hydrogens (tertiary/aromatic N) is 3. The van der Waals surface area contributed by atoms with Crippen molar-refractivity contribution in [2.75, 3.05) is 12.9 Å². The number of hydrogen-bond acceptors (Lipinski definition) is 7. The molecular weight excluding hydrogens is 478 g/mol. The molecule has 2 aromatic carbocycles. The molecule has 2 aromatic rings. The Hall–Kier alpha value is -3.66. The van der Waals surface area contributed by atoms with Crippen LogP contribution in [0.25, 0.3) is 0 Å². The van der Waals surface area contributed by atoms with Gasteiger partial charge in [-0.2, -0.15) is 0 Å². The fourth-order valence-corrected chi connectivity index (χ4v) is 4.68. The number of ether oxygens (including phenoxy) is 1. The van der Waals surface area contributed by atoms with Crippen molar-refractivity contribution in [1.82, 2.24) is 15.5 Å². The maximum atomic E-state index is 13.4. The molecule has 0 spiro atoms. The van der Waals surface area contributed by atoms with Crippen molar-refractivity contribution in [3.05, 3.63) is 59.7 Å². The van der Waals surface area contributed by atoms with Gasteiger partial charge in [-0.15, -0.1) is 0 Å². The van der Waals surface area contributed by atoms with Crippen LogP contribution in [0.1, 0.15) is 37.8 Å². The minimum Gasteiger partial charge on any atom is -0.496 e. The van der Waals surface area contributed by atoms with E-state index in [1.807, 2.05) is 62.4 Å². The molecule has 0 saturated heterocycles. The zero-order valence-electron chi connectivity index (χ0n) is 20.5. The predicted molar refractivity (Wildman–Crippen MR) is 141 cm³/mol. The predicted octanol–water partition coefficient (Wildman–Crippen LogP) is 3.01. The molecule has 0 radical (unpaired) electrons. The van der Waals surface area contributed by atoms with Gasteiger partial charge in [0.05, 0.1) is 25.0 Å². The minimum atomic E-state index is -0.872. The number of nitrogens with one attached hydrogen (secondary N) is 2. The van der Waals surface area contributed by atoms with E-state index in [4.69, 9.17) is 4.74 Å². The van der Waals surface area contributed by atoms with Gasteiger partial charge in [0.15, 0.2) is 5.17 Å². The van der Waals surface area contributed by atoms with Gasteiger partial charge < -0.3 is 15.4 Å². The van der Waals surface area contributed by atoms with Crippen LogP contribution < -0.4 is 15.4 Å². The molecule has 0 unspecified atom stereocenters. The van der Waals surface area contributed by atoms with Gasteiger partial charge in [-0.3, -0.25) is 19.4 Å². The first-order chi connectivity index (χ1) is 17.4. The average Bonchev–Trinajstić information content (AvgIpc) is 3.22. The number of thioether (sulfide) groups is 1. The van der Waals surface area contributed by atoms with Crippen LogP contribution in [0.4, 0.5) is 5.69 Å². The van der Waals surface area contributed by atoms with E-state index in [1.54, 1.807) is 7.11 Å². The second-order valence-electron chi connectivity index (χ2n) is 8.51. The van der Waals surface area contributed by atoms with Crippen molar-refractivity contribution in [3.8, 4) is 5.75 Å². The van der Waals surface area contributed by atoms with Crippen LogP contribution in [0.2, 0.25) is 0 Å². The van der Waals surface area contributed by atoms with E-state index in [9.17, 15) is 14.4 Å². The molecule has 9 nitrogen and oxygen atoms in total. The Morgan fingerprint density at radius 3 is 2.67 bits per heavy atom. The van der Waals surface area contributed by atoms with Crippen LogP contribution in [0, 0.1) is 0 Å². The molecule has 0 bridgehead atoms. The summed E-state index contributed by atoms with van der Waals surface area (Å²) < 4.78 is 5.33. The molecule has 188 valence electrons. The van der Waals surface area contributed by atoms with Gasteiger partial charge in [-0.1, -0.05) is 49.0 Å². The lowest BCUT2D eigenvalue weighted by molar-refractivity contribution is -0.128. The lowest BCUT2D eigenvalue weighted by Gasteiger charge is -2.25. The smallest absolute Gasteiger partial charge is 0.259 e. The van der Waals surface area contributed by atoms with Gasteiger partial charge in [0.2, 0.25) is 11.8 Å². The maximum absolute atomic E-state index is 13.4. The number of methoxy groups -OCH3 is 1. The number of rotatable bonds is 9. The first-order valence-electron chi connectivity index (χ1n) is 11.8. The molecule has 2 aliphatic rings. The number of amides is 3. The molecule has 2 aliphatic heterocycles. The Labute approximate surface area is 214 Å². The lowest BCUT2D eigenvalue weighted by Crippen LogP contribution is -2.42. The first kappa shape index (κ1) is 25.4. The minimum absolute atomic E-state index is 0.0661. The van der Waals surface area contributed by atoms with E-state index in [1.165, 1.54) is 16.7 Å². The molecule has 0 fully saturated rings. The quantitative estimate of drug-likeness (QED) is 0.542. The largest absolute Gasteiger partial charge is 0.496 e. The van der Waals surface area contributed by atoms with Gasteiger partial charge >= 0.3 is 0 Å². The third-order valence-corrected chi connectivity index (χ3v) is 6.89. The normalized spacial score (nSPS) is 16.9. The number of carbonyl (C=O) groups is 3. The Balaban J connectivity index is 1.47. The monoisotopic (exact) mass is 507 g/mol. The zero-order chi connectivity index (χ0) is 25.7. The van der Waals surface area contributed by atoms with Crippen LogP contribution in [-0.4, -0.2) is 58.6 Å². The van der Waals surface area contributed by atoms with Crippen molar-refractivity contribution >= 4 is 46.2 Å². The van der Waals surface area contributed by atoms with Crippen molar-refractivity contribution < 1.29 is 19.1 Å². The Kier molecular flexibility index (Phi) is 8.04. The molecule has 4 rings (SSSR count). The zero-order valence-corrected chi connectivity index (χ0v) is 21.3. The third kappa shape index (κ3) is 5.59. The van der Waals surface area contributed by atoms with Crippen LogP contribution in [0.15, 0.2) is 58.5 Å². The van der Waals surface area contributed by atoms with Crippen LogP contribution in [0.5, 0.6) is 5.75 Å². The van der Waals surface area contributed by atoms with Gasteiger partial charge in [-0.25, -0.2) is 9.89 Å². The number of para-hydroxylation sites is 2. The molecule has 36 heavy (non-hydrogen) atoms. The molecular formula is C26H29N5O4S. The van der Waals surface area contributed by atoms with Crippen molar-refractivity contribution in [2.45, 2.75) is 45.3 Å². The summed E-state index contributed by atoms with van der Waals surface area (Å²) in [5, 5.41) is 6.15. The van der Waals surface area contributed by atoms with E-state index in [-0.39, 0.29) is 42.5 Å². The van der Waals surface area contributed by atoms with Gasteiger partial charge in [0.1, 0.15) is 17.6 Å². The van der Waals surface area contributed by atoms with Crippen molar-refractivity contribution in [1.29, 1.82) is 0 Å². The number of benzene rings is 2.